The first kappa shape index (κ1) is 23.1. The van der Waals surface area contributed by atoms with Crippen LogP contribution in [0.3, 0.4) is 0 Å². The van der Waals surface area contributed by atoms with Gasteiger partial charge in [0.2, 0.25) is 0 Å². The van der Waals surface area contributed by atoms with Crippen LogP contribution >= 0.6 is 0 Å². The molecule has 31 heavy (non-hydrogen) atoms. The zero-order valence-corrected chi connectivity index (χ0v) is 19.6. The predicted octanol–water partition coefficient (Wildman–Crippen LogP) is 5.30. The molecule has 0 saturated carbocycles. The molecule has 0 bridgehead atoms. The van der Waals surface area contributed by atoms with Crippen molar-refractivity contribution in [2.45, 2.75) is 45.9 Å². The third kappa shape index (κ3) is 5.76. The SMILES string of the molecule is CC(C)Cc1ccc(C(NC(=O)c2oc3ccccc3c2CS(C)(=O)=O)C(C)C)cc1. The van der Waals surface area contributed by atoms with E-state index in [1.54, 1.807) is 24.3 Å². The molecule has 0 aliphatic heterocycles. The Morgan fingerprint density at radius 3 is 2.23 bits per heavy atom. The van der Waals surface area contributed by atoms with E-state index in [9.17, 15) is 13.2 Å². The molecule has 0 radical (unpaired) electrons. The second-order valence-corrected chi connectivity index (χ2v) is 11.2. The highest BCUT2D eigenvalue weighted by atomic mass is 32.2. The molecule has 0 aliphatic carbocycles. The molecule has 166 valence electrons. The lowest BCUT2D eigenvalue weighted by Crippen LogP contribution is -2.32. The van der Waals surface area contributed by atoms with E-state index in [2.05, 4.69) is 43.4 Å². The molecule has 0 fully saturated rings. The Bertz CT molecular complexity index is 1160. The van der Waals surface area contributed by atoms with Gasteiger partial charge in [-0.05, 0) is 35.4 Å². The van der Waals surface area contributed by atoms with E-state index >= 15 is 0 Å². The van der Waals surface area contributed by atoms with Crippen LogP contribution in [-0.4, -0.2) is 20.6 Å². The molecule has 2 aromatic carbocycles. The Kier molecular flexibility index (Phi) is 6.90. The number of rotatable bonds is 8. The third-order valence-electron chi connectivity index (χ3n) is 5.25. The molecule has 1 heterocycles. The van der Waals surface area contributed by atoms with E-state index in [1.807, 2.05) is 13.8 Å². The van der Waals surface area contributed by atoms with Crippen molar-refractivity contribution in [2.24, 2.45) is 11.8 Å². The van der Waals surface area contributed by atoms with Gasteiger partial charge >= 0.3 is 0 Å². The summed E-state index contributed by atoms with van der Waals surface area (Å²) in [5.41, 5.74) is 3.19. The summed E-state index contributed by atoms with van der Waals surface area (Å²) in [7, 11) is -3.35. The molecule has 3 rings (SSSR count). The van der Waals surface area contributed by atoms with Crippen LogP contribution in [0.15, 0.2) is 52.9 Å². The molecule has 1 N–H and O–H groups in total. The van der Waals surface area contributed by atoms with E-state index in [0.717, 1.165) is 18.2 Å². The average Bonchev–Trinajstić information content (AvgIpc) is 3.03. The van der Waals surface area contributed by atoms with Gasteiger partial charge in [-0.2, -0.15) is 0 Å². The molecule has 3 aromatic rings. The van der Waals surface area contributed by atoms with Crippen molar-refractivity contribution >= 4 is 26.7 Å². The van der Waals surface area contributed by atoms with Crippen LogP contribution in [-0.2, 0) is 22.0 Å². The van der Waals surface area contributed by atoms with E-state index in [-0.39, 0.29) is 23.5 Å². The number of hydrogen-bond donors (Lipinski definition) is 1. The number of benzene rings is 2. The number of para-hydroxylation sites is 1. The zero-order valence-electron chi connectivity index (χ0n) is 18.8. The van der Waals surface area contributed by atoms with Crippen molar-refractivity contribution in [1.29, 1.82) is 0 Å². The molecule has 1 amide bonds. The number of nitrogens with one attached hydrogen (secondary N) is 1. The second kappa shape index (κ2) is 9.27. The van der Waals surface area contributed by atoms with Crippen LogP contribution in [0, 0.1) is 11.8 Å². The fourth-order valence-corrected chi connectivity index (χ4v) is 4.67. The second-order valence-electron chi connectivity index (χ2n) is 9.01. The number of amides is 1. The highest BCUT2D eigenvalue weighted by Crippen LogP contribution is 2.29. The fourth-order valence-electron chi connectivity index (χ4n) is 3.86. The van der Waals surface area contributed by atoms with Gasteiger partial charge in [0.25, 0.3) is 5.91 Å². The van der Waals surface area contributed by atoms with Crippen LogP contribution in [0.2, 0.25) is 0 Å². The maximum absolute atomic E-state index is 13.2. The summed E-state index contributed by atoms with van der Waals surface area (Å²) in [6.45, 7) is 8.46. The first-order valence-corrected chi connectivity index (χ1v) is 12.7. The number of furan rings is 1. The van der Waals surface area contributed by atoms with Gasteiger partial charge in [0.05, 0.1) is 11.8 Å². The van der Waals surface area contributed by atoms with Crippen molar-refractivity contribution in [2.75, 3.05) is 6.26 Å². The Morgan fingerprint density at radius 1 is 1.00 bits per heavy atom. The van der Waals surface area contributed by atoms with E-state index < -0.39 is 15.7 Å². The first-order valence-electron chi connectivity index (χ1n) is 10.6. The lowest BCUT2D eigenvalue weighted by molar-refractivity contribution is 0.0898. The van der Waals surface area contributed by atoms with Crippen molar-refractivity contribution < 1.29 is 17.6 Å². The summed E-state index contributed by atoms with van der Waals surface area (Å²) in [5, 5.41) is 3.72. The minimum atomic E-state index is -3.35. The van der Waals surface area contributed by atoms with Crippen molar-refractivity contribution in [1.82, 2.24) is 5.32 Å². The average molecular weight is 442 g/mol. The normalized spacial score (nSPS) is 13.1. The molecule has 1 atom stereocenters. The number of fused-ring (bicyclic) bond motifs is 1. The maximum Gasteiger partial charge on any atom is 0.287 e. The van der Waals surface area contributed by atoms with Gasteiger partial charge in [0.1, 0.15) is 5.58 Å². The van der Waals surface area contributed by atoms with Crippen molar-refractivity contribution in [3.05, 3.63) is 71.0 Å². The maximum atomic E-state index is 13.2. The van der Waals surface area contributed by atoms with E-state index in [4.69, 9.17) is 4.42 Å². The molecule has 1 unspecified atom stereocenters. The summed E-state index contributed by atoms with van der Waals surface area (Å²) in [6.07, 6.45) is 2.17. The Labute approximate surface area is 184 Å². The van der Waals surface area contributed by atoms with Crippen LogP contribution in [0.5, 0.6) is 0 Å². The topological polar surface area (TPSA) is 76.4 Å². The molecular formula is C25H31NO4S. The number of carbonyl (C=O) groups excluding carboxylic acids is 1. The molecule has 1 aromatic heterocycles. The molecule has 0 saturated heterocycles. The highest BCUT2D eigenvalue weighted by molar-refractivity contribution is 7.89. The van der Waals surface area contributed by atoms with Crippen LogP contribution in [0.1, 0.15) is 61.0 Å². The van der Waals surface area contributed by atoms with Crippen LogP contribution in [0.25, 0.3) is 11.0 Å². The van der Waals surface area contributed by atoms with Gasteiger partial charge in [0.15, 0.2) is 15.6 Å². The predicted molar refractivity (Wildman–Crippen MR) is 125 cm³/mol. The van der Waals surface area contributed by atoms with Crippen LogP contribution < -0.4 is 5.32 Å². The van der Waals surface area contributed by atoms with Gasteiger partial charge in [-0.3, -0.25) is 4.79 Å². The van der Waals surface area contributed by atoms with Gasteiger partial charge < -0.3 is 9.73 Å². The Hall–Kier alpha value is -2.60. The molecule has 5 nitrogen and oxygen atoms in total. The van der Waals surface area contributed by atoms with Gasteiger partial charge in [-0.15, -0.1) is 0 Å². The minimum absolute atomic E-state index is 0.0636. The Morgan fingerprint density at radius 2 is 1.65 bits per heavy atom. The fraction of sp³-hybridized carbons (Fsp3) is 0.400. The monoisotopic (exact) mass is 441 g/mol. The molecule has 6 heteroatoms. The van der Waals surface area contributed by atoms with Gasteiger partial charge in [0, 0.05) is 17.2 Å². The quantitative estimate of drug-likeness (QED) is 0.514. The summed E-state index contributed by atoms with van der Waals surface area (Å²) >= 11 is 0. The number of sulfone groups is 1. The third-order valence-corrected chi connectivity index (χ3v) is 6.06. The van der Waals surface area contributed by atoms with Gasteiger partial charge in [-0.1, -0.05) is 70.2 Å². The van der Waals surface area contributed by atoms with Crippen LogP contribution in [0.4, 0.5) is 0 Å². The summed E-state index contributed by atoms with van der Waals surface area (Å²) in [4.78, 5) is 13.2. The van der Waals surface area contributed by atoms with Crippen molar-refractivity contribution in [3.63, 3.8) is 0 Å². The summed E-state index contributed by atoms with van der Waals surface area (Å²) in [5.74, 6) is 0.132. The Balaban J connectivity index is 1.93. The smallest absolute Gasteiger partial charge is 0.287 e. The number of hydrogen-bond acceptors (Lipinski definition) is 4. The van der Waals surface area contributed by atoms with Crippen molar-refractivity contribution in [3.8, 4) is 0 Å². The summed E-state index contributed by atoms with van der Waals surface area (Å²) in [6, 6.07) is 15.2. The highest BCUT2D eigenvalue weighted by Gasteiger charge is 2.26. The lowest BCUT2D eigenvalue weighted by atomic mass is 9.93. The molecule has 0 aliphatic rings. The summed E-state index contributed by atoms with van der Waals surface area (Å²) < 4.78 is 29.8. The first-order chi connectivity index (χ1) is 14.5. The molecular weight excluding hydrogens is 410 g/mol. The zero-order chi connectivity index (χ0) is 22.8. The van der Waals surface area contributed by atoms with E-state index in [0.29, 0.717) is 22.5 Å². The minimum Gasteiger partial charge on any atom is -0.451 e. The number of carbonyl (C=O) groups is 1. The van der Waals surface area contributed by atoms with Gasteiger partial charge in [-0.25, -0.2) is 8.42 Å². The van der Waals surface area contributed by atoms with E-state index in [1.165, 1.54) is 5.56 Å². The largest absolute Gasteiger partial charge is 0.451 e. The lowest BCUT2D eigenvalue weighted by Gasteiger charge is -2.23. The standard InChI is InChI=1S/C25H31NO4S/c1-16(2)14-18-10-12-19(13-11-18)23(17(3)4)26-25(27)24-21(15-31(5,28)29)20-8-6-7-9-22(20)30-24/h6-13,16-17,23H,14-15H2,1-5H3,(H,26,27). The molecule has 0 spiro atoms.